The first-order chi connectivity index (χ1) is 5.86. The average Bonchev–Trinajstić information content (AvgIpc) is 2.56. The summed E-state index contributed by atoms with van der Waals surface area (Å²) in [6.07, 6.45) is 6.98. The zero-order valence-electron chi connectivity index (χ0n) is 6.81. The smallest absolute Gasteiger partial charge is 0.153 e. The first-order valence-corrected chi connectivity index (χ1v) is 4.11. The maximum Gasteiger partial charge on any atom is 0.153 e. The third-order valence-corrected chi connectivity index (χ3v) is 2.05. The second-order valence-corrected chi connectivity index (χ2v) is 2.97. The monoisotopic (exact) mass is 165 g/mol. The molecule has 2 heterocycles. The maximum atomic E-state index is 11.1. The summed E-state index contributed by atoms with van der Waals surface area (Å²) in [6, 6.07) is 0. The van der Waals surface area contributed by atoms with Crippen molar-refractivity contribution < 1.29 is 4.79 Å². The van der Waals surface area contributed by atoms with E-state index in [4.69, 9.17) is 0 Å². The number of hydrogen-bond acceptors (Lipinski definition) is 3. The van der Waals surface area contributed by atoms with Crippen LogP contribution in [0.4, 0.5) is 0 Å². The fourth-order valence-electron chi connectivity index (χ4n) is 1.44. The van der Waals surface area contributed by atoms with Crippen molar-refractivity contribution in [2.24, 2.45) is 0 Å². The van der Waals surface area contributed by atoms with E-state index in [9.17, 15) is 4.79 Å². The number of imidazole rings is 1. The van der Waals surface area contributed by atoms with Crippen molar-refractivity contribution in [1.29, 1.82) is 0 Å². The molecule has 1 aromatic rings. The molecule has 1 saturated heterocycles. The number of ketones is 1. The molecule has 4 nitrogen and oxygen atoms in total. The molecule has 0 saturated carbocycles. The fourth-order valence-corrected chi connectivity index (χ4v) is 1.44. The van der Waals surface area contributed by atoms with Crippen LogP contribution in [0.5, 0.6) is 0 Å². The molecule has 12 heavy (non-hydrogen) atoms. The molecule has 1 fully saturated rings. The predicted molar refractivity (Wildman–Crippen MR) is 44.4 cm³/mol. The van der Waals surface area contributed by atoms with Crippen molar-refractivity contribution >= 4 is 5.78 Å². The van der Waals surface area contributed by atoms with E-state index in [1.807, 2.05) is 15.9 Å². The highest BCUT2D eigenvalue weighted by molar-refractivity contribution is 5.82. The number of aromatic nitrogens is 2. The van der Waals surface area contributed by atoms with Gasteiger partial charge in [-0.15, -0.1) is 0 Å². The number of nitrogens with zero attached hydrogens (tertiary/aromatic N) is 3. The molecule has 0 radical (unpaired) electrons. The summed E-state index contributed by atoms with van der Waals surface area (Å²) in [7, 11) is 0. The van der Waals surface area contributed by atoms with Crippen molar-refractivity contribution in [3.05, 3.63) is 18.7 Å². The van der Waals surface area contributed by atoms with Gasteiger partial charge >= 0.3 is 0 Å². The van der Waals surface area contributed by atoms with Crippen LogP contribution in [0, 0.1) is 0 Å². The van der Waals surface area contributed by atoms with Gasteiger partial charge in [0.05, 0.1) is 6.54 Å². The van der Waals surface area contributed by atoms with Gasteiger partial charge in [0.2, 0.25) is 0 Å². The molecule has 1 aliphatic rings. The Bertz CT molecular complexity index is 268. The Morgan fingerprint density at radius 2 is 2.42 bits per heavy atom. The van der Waals surface area contributed by atoms with E-state index in [0.29, 0.717) is 12.3 Å². The normalized spacial score (nSPS) is 18.3. The summed E-state index contributed by atoms with van der Waals surface area (Å²) in [4.78, 5) is 15.0. The molecule has 2 rings (SSSR count). The Morgan fingerprint density at radius 3 is 3.08 bits per heavy atom. The summed E-state index contributed by atoms with van der Waals surface area (Å²) in [5.74, 6) is 0.315. The van der Waals surface area contributed by atoms with Gasteiger partial charge in [-0.3, -0.25) is 9.47 Å². The molecule has 0 aliphatic carbocycles. The van der Waals surface area contributed by atoms with Crippen LogP contribution in [0.2, 0.25) is 0 Å². The molecule has 4 heteroatoms. The SMILES string of the molecule is O=C1CCCN(n2ccnc2)C1. The molecule has 0 atom stereocenters. The molecule has 1 aromatic heterocycles. The van der Waals surface area contributed by atoms with E-state index in [1.165, 1.54) is 0 Å². The van der Waals surface area contributed by atoms with Gasteiger partial charge in [0, 0.05) is 25.4 Å². The van der Waals surface area contributed by atoms with Crippen LogP contribution in [-0.2, 0) is 4.79 Å². The van der Waals surface area contributed by atoms with Gasteiger partial charge in [0.25, 0.3) is 0 Å². The van der Waals surface area contributed by atoms with E-state index < -0.39 is 0 Å². The average molecular weight is 165 g/mol. The summed E-state index contributed by atoms with van der Waals surface area (Å²) in [5, 5.41) is 2.00. The summed E-state index contributed by atoms with van der Waals surface area (Å²) < 4.78 is 1.87. The number of carbonyl (C=O) groups excluding carboxylic acids is 1. The predicted octanol–water partition coefficient (Wildman–Crippen LogP) is 0.184. The second kappa shape index (κ2) is 2.97. The fraction of sp³-hybridized carbons (Fsp3) is 0.500. The second-order valence-electron chi connectivity index (χ2n) is 2.97. The summed E-state index contributed by atoms with van der Waals surface area (Å²) in [6.45, 7) is 1.47. The van der Waals surface area contributed by atoms with E-state index in [1.54, 1.807) is 12.5 Å². The van der Waals surface area contributed by atoms with E-state index in [-0.39, 0.29) is 0 Å². The van der Waals surface area contributed by atoms with Crippen LogP contribution in [-0.4, -0.2) is 28.5 Å². The number of rotatable bonds is 1. The summed E-state index contributed by atoms with van der Waals surface area (Å²) in [5.41, 5.74) is 0. The van der Waals surface area contributed by atoms with Gasteiger partial charge in [-0.2, -0.15) is 0 Å². The highest BCUT2D eigenvalue weighted by Gasteiger charge is 2.15. The molecular weight excluding hydrogens is 154 g/mol. The lowest BCUT2D eigenvalue weighted by Gasteiger charge is -2.27. The van der Waals surface area contributed by atoms with Crippen LogP contribution in [0.1, 0.15) is 12.8 Å². The molecule has 0 spiro atoms. The lowest BCUT2D eigenvalue weighted by molar-refractivity contribution is -0.118. The molecule has 0 amide bonds. The van der Waals surface area contributed by atoms with Crippen LogP contribution in [0.15, 0.2) is 18.7 Å². The third kappa shape index (κ3) is 1.32. The third-order valence-electron chi connectivity index (χ3n) is 2.05. The first-order valence-electron chi connectivity index (χ1n) is 4.11. The van der Waals surface area contributed by atoms with Crippen molar-refractivity contribution in [2.45, 2.75) is 12.8 Å². The first kappa shape index (κ1) is 7.34. The van der Waals surface area contributed by atoms with Gasteiger partial charge in [0.1, 0.15) is 6.33 Å². The topological polar surface area (TPSA) is 38.1 Å². The Labute approximate surface area is 70.8 Å². The van der Waals surface area contributed by atoms with Crippen LogP contribution >= 0.6 is 0 Å². The molecule has 0 N–H and O–H groups in total. The molecule has 1 aliphatic heterocycles. The minimum atomic E-state index is 0.315. The van der Waals surface area contributed by atoms with Gasteiger partial charge in [-0.05, 0) is 6.42 Å². The van der Waals surface area contributed by atoms with Crippen molar-refractivity contribution in [2.75, 3.05) is 18.1 Å². The molecule has 64 valence electrons. The number of hydrogen-bond donors (Lipinski definition) is 0. The van der Waals surface area contributed by atoms with E-state index >= 15 is 0 Å². The molecular formula is C8H11N3O. The van der Waals surface area contributed by atoms with Crippen molar-refractivity contribution in [3.8, 4) is 0 Å². The van der Waals surface area contributed by atoms with E-state index in [0.717, 1.165) is 19.4 Å². The number of piperidine rings is 1. The highest BCUT2D eigenvalue weighted by atomic mass is 16.1. The van der Waals surface area contributed by atoms with Gasteiger partial charge in [0.15, 0.2) is 5.78 Å². The number of carbonyl (C=O) groups is 1. The van der Waals surface area contributed by atoms with Gasteiger partial charge < -0.3 is 5.01 Å². The van der Waals surface area contributed by atoms with Crippen LogP contribution in [0.25, 0.3) is 0 Å². The molecule has 0 aromatic carbocycles. The zero-order chi connectivity index (χ0) is 8.39. The van der Waals surface area contributed by atoms with E-state index in [2.05, 4.69) is 4.98 Å². The van der Waals surface area contributed by atoms with Gasteiger partial charge in [-0.1, -0.05) is 0 Å². The molecule has 0 unspecified atom stereocenters. The minimum Gasteiger partial charge on any atom is -0.304 e. The van der Waals surface area contributed by atoms with Crippen molar-refractivity contribution in [1.82, 2.24) is 9.66 Å². The Balaban J connectivity index is 2.09. The minimum absolute atomic E-state index is 0.315. The quantitative estimate of drug-likeness (QED) is 0.596. The zero-order valence-corrected chi connectivity index (χ0v) is 6.81. The lowest BCUT2D eigenvalue weighted by atomic mass is 10.1. The van der Waals surface area contributed by atoms with Crippen LogP contribution in [0.3, 0.4) is 0 Å². The van der Waals surface area contributed by atoms with Gasteiger partial charge in [-0.25, -0.2) is 4.98 Å². The maximum absolute atomic E-state index is 11.1. The Kier molecular flexibility index (Phi) is 1.81. The number of Topliss-reactive ketones (excluding diaryl/α,β-unsaturated/α-hetero) is 1. The molecule has 0 bridgehead atoms. The lowest BCUT2D eigenvalue weighted by Crippen LogP contribution is -2.42. The largest absolute Gasteiger partial charge is 0.304 e. The standard InChI is InChI=1S/C8H11N3O/c12-8-2-1-4-10(6-8)11-5-3-9-7-11/h3,5,7H,1-2,4,6H2. The van der Waals surface area contributed by atoms with Crippen molar-refractivity contribution in [3.63, 3.8) is 0 Å². The highest BCUT2D eigenvalue weighted by Crippen LogP contribution is 2.04. The Hall–Kier alpha value is -1.32. The van der Waals surface area contributed by atoms with Crippen LogP contribution < -0.4 is 5.01 Å². The Morgan fingerprint density at radius 1 is 1.50 bits per heavy atom. The summed E-state index contributed by atoms with van der Waals surface area (Å²) >= 11 is 0.